The number of imide groups is 1. The van der Waals surface area contributed by atoms with Crippen molar-refractivity contribution in [1.82, 2.24) is 10.2 Å². The smallest absolute Gasteiger partial charge is 0.229 e. The Labute approximate surface area is 104 Å². The molecule has 0 bridgehead atoms. The molecular weight excluding hydrogens is 216 g/mol. The number of amides is 2. The van der Waals surface area contributed by atoms with Crippen molar-refractivity contribution in [2.75, 3.05) is 13.6 Å². The second kappa shape index (κ2) is 7.43. The van der Waals surface area contributed by atoms with Gasteiger partial charge in [-0.2, -0.15) is 0 Å². The Hall–Kier alpha value is -0.900. The Morgan fingerprint density at radius 1 is 1.18 bits per heavy atom. The predicted octanol–water partition coefficient (Wildman–Crippen LogP) is 1.69. The van der Waals surface area contributed by atoms with Crippen molar-refractivity contribution in [3.63, 3.8) is 0 Å². The molecule has 1 heterocycles. The van der Waals surface area contributed by atoms with Gasteiger partial charge in [-0.1, -0.05) is 6.42 Å². The average molecular weight is 240 g/mol. The van der Waals surface area contributed by atoms with Crippen LogP contribution in [0.4, 0.5) is 0 Å². The van der Waals surface area contributed by atoms with E-state index < -0.39 is 0 Å². The highest BCUT2D eigenvalue weighted by Gasteiger charge is 2.23. The molecule has 0 aromatic heterocycles. The first-order chi connectivity index (χ1) is 8.15. The van der Waals surface area contributed by atoms with Gasteiger partial charge in [-0.3, -0.25) is 14.5 Å². The number of nitrogens with one attached hydrogen (secondary N) is 1. The number of likely N-dealkylation sites (tertiary alicyclic amines) is 1. The highest BCUT2D eigenvalue weighted by atomic mass is 16.2. The highest BCUT2D eigenvalue weighted by molar-refractivity contribution is 5.95. The van der Waals surface area contributed by atoms with Crippen LogP contribution in [-0.4, -0.2) is 36.3 Å². The molecule has 1 rings (SSSR count). The molecule has 0 spiro atoms. The van der Waals surface area contributed by atoms with E-state index >= 15 is 0 Å². The first-order valence-corrected chi connectivity index (χ1v) is 6.65. The zero-order valence-electron chi connectivity index (χ0n) is 11.0. The van der Waals surface area contributed by atoms with E-state index in [-0.39, 0.29) is 11.8 Å². The summed E-state index contributed by atoms with van der Waals surface area (Å²) in [4.78, 5) is 24.9. The lowest BCUT2D eigenvalue weighted by atomic mass is 10.1. The minimum atomic E-state index is 0.0224. The fraction of sp³-hybridized carbons (Fsp3) is 0.846. The quantitative estimate of drug-likeness (QED) is 0.568. The van der Waals surface area contributed by atoms with Gasteiger partial charge < -0.3 is 5.32 Å². The van der Waals surface area contributed by atoms with E-state index in [0.717, 1.165) is 32.1 Å². The number of hydrogen-bond acceptors (Lipinski definition) is 3. The topological polar surface area (TPSA) is 49.4 Å². The molecule has 0 aromatic carbocycles. The Morgan fingerprint density at radius 3 is 2.29 bits per heavy atom. The number of rotatable bonds is 6. The van der Waals surface area contributed by atoms with Crippen LogP contribution in [0.1, 0.15) is 51.9 Å². The zero-order valence-corrected chi connectivity index (χ0v) is 11.0. The van der Waals surface area contributed by atoms with Crippen LogP contribution in [0.25, 0.3) is 0 Å². The third-order valence-electron chi connectivity index (χ3n) is 3.40. The molecule has 2 amide bonds. The van der Waals surface area contributed by atoms with Gasteiger partial charge in [0.25, 0.3) is 0 Å². The minimum Gasteiger partial charge on any atom is -0.317 e. The number of carbonyl (C=O) groups is 2. The van der Waals surface area contributed by atoms with Crippen LogP contribution in [0, 0.1) is 0 Å². The summed E-state index contributed by atoms with van der Waals surface area (Å²) in [7, 11) is 1.95. The summed E-state index contributed by atoms with van der Waals surface area (Å²) in [5.41, 5.74) is 0. The van der Waals surface area contributed by atoms with Crippen LogP contribution in [0.3, 0.4) is 0 Å². The number of carbonyl (C=O) groups excluding carboxylic acids is 2. The van der Waals surface area contributed by atoms with Crippen molar-refractivity contribution >= 4 is 11.8 Å². The molecule has 0 radical (unpaired) electrons. The van der Waals surface area contributed by atoms with Crippen LogP contribution < -0.4 is 5.32 Å². The molecule has 4 nitrogen and oxygen atoms in total. The van der Waals surface area contributed by atoms with E-state index in [4.69, 9.17) is 0 Å². The Balaban J connectivity index is 2.28. The maximum absolute atomic E-state index is 11.7. The van der Waals surface area contributed by atoms with E-state index in [1.807, 2.05) is 7.05 Å². The first kappa shape index (κ1) is 14.2. The molecule has 1 saturated heterocycles. The maximum atomic E-state index is 11.7. The molecule has 1 aliphatic rings. The van der Waals surface area contributed by atoms with E-state index in [0.29, 0.717) is 25.4 Å². The van der Waals surface area contributed by atoms with Crippen molar-refractivity contribution in [1.29, 1.82) is 0 Å². The minimum absolute atomic E-state index is 0.0224. The Bertz CT molecular complexity index is 248. The summed E-state index contributed by atoms with van der Waals surface area (Å²) in [5, 5.41) is 3.18. The molecule has 1 atom stereocenters. The molecule has 1 fully saturated rings. The fourth-order valence-corrected chi connectivity index (χ4v) is 2.08. The van der Waals surface area contributed by atoms with Gasteiger partial charge in [-0.05, 0) is 39.7 Å². The maximum Gasteiger partial charge on any atom is 0.229 e. The third kappa shape index (κ3) is 4.86. The Morgan fingerprint density at radius 2 is 1.76 bits per heavy atom. The third-order valence-corrected chi connectivity index (χ3v) is 3.40. The molecule has 0 aromatic rings. The lowest BCUT2D eigenvalue weighted by Crippen LogP contribution is -2.36. The van der Waals surface area contributed by atoms with Gasteiger partial charge in [0, 0.05) is 25.4 Å². The first-order valence-electron chi connectivity index (χ1n) is 6.65. The lowest BCUT2D eigenvalue weighted by Gasteiger charge is -2.19. The van der Waals surface area contributed by atoms with Gasteiger partial charge in [0.15, 0.2) is 0 Å². The zero-order chi connectivity index (χ0) is 12.7. The summed E-state index contributed by atoms with van der Waals surface area (Å²) in [6.45, 7) is 2.75. The average Bonchev–Trinajstić information content (AvgIpc) is 2.47. The van der Waals surface area contributed by atoms with Gasteiger partial charge in [0.05, 0.1) is 0 Å². The van der Waals surface area contributed by atoms with Gasteiger partial charge in [-0.25, -0.2) is 0 Å². The van der Waals surface area contributed by atoms with E-state index in [1.54, 1.807) is 0 Å². The van der Waals surface area contributed by atoms with Gasteiger partial charge in [0.2, 0.25) is 11.8 Å². The van der Waals surface area contributed by atoms with E-state index in [2.05, 4.69) is 12.2 Å². The second-order valence-corrected chi connectivity index (χ2v) is 4.83. The lowest BCUT2D eigenvalue weighted by molar-refractivity contribution is -0.143. The van der Waals surface area contributed by atoms with Crippen LogP contribution in [0.5, 0.6) is 0 Å². The molecule has 1 aliphatic heterocycles. The summed E-state index contributed by atoms with van der Waals surface area (Å²) in [6.07, 6.45) is 5.86. The van der Waals surface area contributed by atoms with Crippen LogP contribution in [0.15, 0.2) is 0 Å². The van der Waals surface area contributed by atoms with Crippen LogP contribution >= 0.6 is 0 Å². The molecule has 1 unspecified atom stereocenters. The molecule has 98 valence electrons. The largest absolute Gasteiger partial charge is 0.317 e. The molecule has 0 aliphatic carbocycles. The van der Waals surface area contributed by atoms with Crippen molar-refractivity contribution in [3.05, 3.63) is 0 Å². The number of unbranched alkanes of at least 4 members (excludes halogenated alkanes) is 1. The molecule has 4 heteroatoms. The Kier molecular flexibility index (Phi) is 6.19. The molecule has 17 heavy (non-hydrogen) atoms. The summed E-state index contributed by atoms with van der Waals surface area (Å²) < 4.78 is 0. The number of hydrogen-bond donors (Lipinski definition) is 1. The monoisotopic (exact) mass is 240 g/mol. The predicted molar refractivity (Wildman–Crippen MR) is 67.6 cm³/mol. The normalized spacial score (nSPS) is 19.3. The van der Waals surface area contributed by atoms with Crippen LogP contribution in [0.2, 0.25) is 0 Å². The molecule has 1 N–H and O–H groups in total. The van der Waals surface area contributed by atoms with Gasteiger partial charge in [0.1, 0.15) is 0 Å². The second-order valence-electron chi connectivity index (χ2n) is 4.83. The standard InChI is InChI=1S/C13H24N2O2/c1-11(14-2)7-5-6-10-15-12(16)8-3-4-9-13(15)17/h11,14H,3-10H2,1-2H3. The summed E-state index contributed by atoms with van der Waals surface area (Å²) in [6, 6.07) is 0.505. The van der Waals surface area contributed by atoms with Crippen molar-refractivity contribution in [2.24, 2.45) is 0 Å². The SMILES string of the molecule is CNC(C)CCCCN1C(=O)CCCCC1=O. The van der Waals surface area contributed by atoms with Crippen molar-refractivity contribution in [2.45, 2.75) is 57.9 Å². The van der Waals surface area contributed by atoms with Gasteiger partial charge >= 0.3 is 0 Å². The van der Waals surface area contributed by atoms with Crippen molar-refractivity contribution < 1.29 is 9.59 Å². The fourth-order valence-electron chi connectivity index (χ4n) is 2.08. The van der Waals surface area contributed by atoms with E-state index in [9.17, 15) is 9.59 Å². The van der Waals surface area contributed by atoms with Crippen molar-refractivity contribution in [3.8, 4) is 0 Å². The highest BCUT2D eigenvalue weighted by Crippen LogP contribution is 2.13. The van der Waals surface area contributed by atoms with Gasteiger partial charge in [-0.15, -0.1) is 0 Å². The summed E-state index contributed by atoms with van der Waals surface area (Å²) >= 11 is 0. The molecule has 0 saturated carbocycles. The number of nitrogens with zero attached hydrogens (tertiary/aromatic N) is 1. The van der Waals surface area contributed by atoms with E-state index in [1.165, 1.54) is 4.90 Å². The summed E-state index contributed by atoms with van der Waals surface area (Å²) in [5.74, 6) is 0.0447. The molecular formula is C13H24N2O2. The van der Waals surface area contributed by atoms with Crippen LogP contribution in [-0.2, 0) is 9.59 Å².